The van der Waals surface area contributed by atoms with Gasteiger partial charge in [0.15, 0.2) is 0 Å². The molecule has 8 nitrogen and oxygen atoms in total. The predicted octanol–water partition coefficient (Wildman–Crippen LogP) is 1.70. The van der Waals surface area contributed by atoms with Gasteiger partial charge in [0.05, 0.1) is 42.9 Å². The number of amides is 2. The maximum atomic E-state index is 13.2. The standard InChI is InChI=1S/C22H28ClN5O3/c1-2-20-19(15-24-28(20)18-5-3-4-17(23)14-18)22(30)27-8-6-25(7-9-27)16-21(29)26-10-12-31-13-11-26/h3-5,14-15H,2,6-13,16H2,1H3. The third kappa shape index (κ3) is 4.92. The molecule has 0 radical (unpaired) electrons. The number of benzene rings is 1. The van der Waals surface area contributed by atoms with Gasteiger partial charge in [-0.1, -0.05) is 24.6 Å². The van der Waals surface area contributed by atoms with E-state index in [-0.39, 0.29) is 11.8 Å². The molecule has 2 aliphatic heterocycles. The fraction of sp³-hybridized carbons (Fsp3) is 0.500. The quantitative estimate of drug-likeness (QED) is 0.700. The predicted molar refractivity (Wildman–Crippen MR) is 118 cm³/mol. The van der Waals surface area contributed by atoms with Crippen molar-refractivity contribution < 1.29 is 14.3 Å². The highest BCUT2D eigenvalue weighted by Crippen LogP contribution is 2.20. The molecule has 2 saturated heterocycles. The summed E-state index contributed by atoms with van der Waals surface area (Å²) in [6, 6.07) is 7.45. The largest absolute Gasteiger partial charge is 0.378 e. The molecule has 0 unspecified atom stereocenters. The van der Waals surface area contributed by atoms with Gasteiger partial charge in [0.1, 0.15) is 0 Å². The van der Waals surface area contributed by atoms with Crippen LogP contribution in [0.3, 0.4) is 0 Å². The van der Waals surface area contributed by atoms with Crippen LogP contribution in [-0.2, 0) is 16.0 Å². The Morgan fingerprint density at radius 1 is 1.06 bits per heavy atom. The van der Waals surface area contributed by atoms with Crippen molar-refractivity contribution in [3.8, 4) is 5.69 Å². The normalized spacial score (nSPS) is 17.7. The molecule has 3 heterocycles. The molecule has 2 fully saturated rings. The second-order valence-corrected chi connectivity index (χ2v) is 8.25. The van der Waals surface area contributed by atoms with Crippen LogP contribution in [0.25, 0.3) is 5.69 Å². The smallest absolute Gasteiger partial charge is 0.257 e. The van der Waals surface area contributed by atoms with E-state index in [4.69, 9.17) is 16.3 Å². The maximum absolute atomic E-state index is 13.2. The van der Waals surface area contributed by atoms with E-state index in [2.05, 4.69) is 10.00 Å². The Morgan fingerprint density at radius 2 is 1.81 bits per heavy atom. The first-order valence-corrected chi connectivity index (χ1v) is 11.1. The number of rotatable bonds is 5. The van der Waals surface area contributed by atoms with Gasteiger partial charge in [-0.25, -0.2) is 4.68 Å². The van der Waals surface area contributed by atoms with E-state index < -0.39 is 0 Å². The Bertz CT molecular complexity index is 933. The Hall–Kier alpha value is -2.42. The minimum atomic E-state index is -0.00992. The zero-order valence-corrected chi connectivity index (χ0v) is 18.6. The first kappa shape index (κ1) is 21.8. The second-order valence-electron chi connectivity index (χ2n) is 7.81. The highest BCUT2D eigenvalue weighted by atomic mass is 35.5. The number of hydrogen-bond acceptors (Lipinski definition) is 5. The average molecular weight is 446 g/mol. The van der Waals surface area contributed by atoms with Crippen LogP contribution in [0.15, 0.2) is 30.5 Å². The van der Waals surface area contributed by atoms with Gasteiger partial charge in [-0.15, -0.1) is 0 Å². The Labute approximate surface area is 187 Å². The van der Waals surface area contributed by atoms with Gasteiger partial charge in [0.25, 0.3) is 5.91 Å². The molecule has 0 saturated carbocycles. The summed E-state index contributed by atoms with van der Waals surface area (Å²) < 4.78 is 7.10. The molecule has 2 aromatic rings. The van der Waals surface area contributed by atoms with Crippen molar-refractivity contribution in [2.24, 2.45) is 0 Å². The van der Waals surface area contributed by atoms with Crippen LogP contribution >= 0.6 is 11.6 Å². The molecule has 31 heavy (non-hydrogen) atoms. The topological polar surface area (TPSA) is 70.9 Å². The Morgan fingerprint density at radius 3 is 2.48 bits per heavy atom. The highest BCUT2D eigenvalue weighted by molar-refractivity contribution is 6.30. The molecular formula is C22H28ClN5O3. The summed E-state index contributed by atoms with van der Waals surface area (Å²) in [7, 11) is 0. The van der Waals surface area contributed by atoms with Crippen LogP contribution < -0.4 is 0 Å². The van der Waals surface area contributed by atoms with E-state index in [0.29, 0.717) is 76.0 Å². The molecule has 1 aromatic carbocycles. The van der Waals surface area contributed by atoms with Crippen molar-refractivity contribution in [2.75, 3.05) is 59.0 Å². The van der Waals surface area contributed by atoms with Gasteiger partial charge in [-0.05, 0) is 24.6 Å². The monoisotopic (exact) mass is 445 g/mol. The summed E-state index contributed by atoms with van der Waals surface area (Å²) in [6.45, 7) is 7.52. The first-order chi connectivity index (χ1) is 15.1. The maximum Gasteiger partial charge on any atom is 0.257 e. The molecule has 4 rings (SSSR count). The molecule has 0 spiro atoms. The van der Waals surface area contributed by atoms with Crippen LogP contribution in [0.4, 0.5) is 0 Å². The van der Waals surface area contributed by atoms with Crippen LogP contribution in [-0.4, -0.2) is 95.3 Å². The van der Waals surface area contributed by atoms with Crippen molar-refractivity contribution in [1.82, 2.24) is 24.5 Å². The Balaban J connectivity index is 1.38. The lowest BCUT2D eigenvalue weighted by Crippen LogP contribution is -2.52. The summed E-state index contributed by atoms with van der Waals surface area (Å²) in [4.78, 5) is 31.5. The van der Waals surface area contributed by atoms with Crippen molar-refractivity contribution >= 4 is 23.4 Å². The van der Waals surface area contributed by atoms with Gasteiger partial charge in [-0.2, -0.15) is 5.10 Å². The average Bonchev–Trinajstić information content (AvgIpc) is 3.24. The number of piperazine rings is 1. The number of ether oxygens (including phenoxy) is 1. The lowest BCUT2D eigenvalue weighted by Gasteiger charge is -2.36. The lowest BCUT2D eigenvalue weighted by atomic mass is 10.1. The fourth-order valence-electron chi connectivity index (χ4n) is 4.11. The zero-order chi connectivity index (χ0) is 21.8. The summed E-state index contributed by atoms with van der Waals surface area (Å²) in [5.41, 5.74) is 2.34. The molecule has 2 amide bonds. The summed E-state index contributed by atoms with van der Waals surface area (Å²) in [6.07, 6.45) is 2.33. The molecule has 0 bridgehead atoms. The van der Waals surface area contributed by atoms with E-state index in [9.17, 15) is 9.59 Å². The number of carbonyl (C=O) groups excluding carboxylic acids is 2. The highest BCUT2D eigenvalue weighted by Gasteiger charge is 2.27. The lowest BCUT2D eigenvalue weighted by molar-refractivity contribution is -0.136. The van der Waals surface area contributed by atoms with Gasteiger partial charge in [0.2, 0.25) is 5.91 Å². The summed E-state index contributed by atoms with van der Waals surface area (Å²) in [5.74, 6) is 0.128. The number of nitrogens with zero attached hydrogens (tertiary/aromatic N) is 5. The fourth-order valence-corrected chi connectivity index (χ4v) is 4.29. The van der Waals surface area contributed by atoms with Gasteiger partial charge in [0, 0.05) is 44.3 Å². The number of hydrogen-bond donors (Lipinski definition) is 0. The molecular weight excluding hydrogens is 418 g/mol. The molecule has 2 aliphatic rings. The van der Waals surface area contributed by atoms with E-state index in [1.54, 1.807) is 10.9 Å². The van der Waals surface area contributed by atoms with Crippen molar-refractivity contribution in [1.29, 1.82) is 0 Å². The van der Waals surface area contributed by atoms with E-state index in [1.165, 1.54) is 0 Å². The molecule has 0 N–H and O–H groups in total. The number of morpholine rings is 1. The molecule has 0 aliphatic carbocycles. The third-order valence-corrected chi connectivity index (χ3v) is 6.10. The number of carbonyl (C=O) groups is 2. The van der Waals surface area contributed by atoms with Gasteiger partial charge in [-0.3, -0.25) is 14.5 Å². The minimum absolute atomic E-state index is 0.00992. The van der Waals surface area contributed by atoms with Gasteiger partial charge < -0.3 is 14.5 Å². The summed E-state index contributed by atoms with van der Waals surface area (Å²) >= 11 is 6.13. The molecule has 166 valence electrons. The molecule has 9 heteroatoms. The van der Waals surface area contributed by atoms with Crippen LogP contribution in [0.1, 0.15) is 23.0 Å². The molecule has 1 aromatic heterocycles. The first-order valence-electron chi connectivity index (χ1n) is 10.8. The third-order valence-electron chi connectivity index (χ3n) is 5.87. The van der Waals surface area contributed by atoms with E-state index >= 15 is 0 Å². The van der Waals surface area contributed by atoms with Gasteiger partial charge >= 0.3 is 0 Å². The second kappa shape index (κ2) is 9.80. The van der Waals surface area contributed by atoms with Crippen molar-refractivity contribution in [2.45, 2.75) is 13.3 Å². The minimum Gasteiger partial charge on any atom is -0.378 e. The van der Waals surface area contributed by atoms with Crippen LogP contribution in [0, 0.1) is 0 Å². The Kier molecular flexibility index (Phi) is 6.89. The van der Waals surface area contributed by atoms with Crippen LogP contribution in [0.5, 0.6) is 0 Å². The van der Waals surface area contributed by atoms with Crippen molar-refractivity contribution in [3.63, 3.8) is 0 Å². The van der Waals surface area contributed by atoms with E-state index in [0.717, 1.165) is 11.4 Å². The number of aromatic nitrogens is 2. The molecule has 0 atom stereocenters. The van der Waals surface area contributed by atoms with Crippen LogP contribution in [0.2, 0.25) is 5.02 Å². The summed E-state index contributed by atoms with van der Waals surface area (Å²) in [5, 5.41) is 5.09. The number of halogens is 1. The SMILES string of the molecule is CCc1c(C(=O)N2CCN(CC(=O)N3CCOCC3)CC2)cnn1-c1cccc(Cl)c1. The van der Waals surface area contributed by atoms with E-state index in [1.807, 2.05) is 41.0 Å². The van der Waals surface area contributed by atoms with Crippen molar-refractivity contribution in [3.05, 3.63) is 46.7 Å². The zero-order valence-electron chi connectivity index (χ0n) is 17.8.